The standard InChI is InChI=1S/C21H22BrN2.C13H16N2.C8H7Br2.2Y/c1-14-9-18(13-19(22)10-14)7-8-20-11-15(2)12-21(23-20)24-16(3)5-6-17(24)4;1-9-7-10(2)14-13(8-9)15-11(3)5-6-12(15)4;1-6-2-7(5-9)4-8(10)3-6;;/h5-6,10-13H,7-8H2,1-4H3;5-8H,1-4H3;3-4H,5H2,1H3;;/q-1;;-1;;. The maximum absolute atomic E-state index is 4.89. The van der Waals surface area contributed by atoms with Gasteiger partial charge in [-0.25, -0.2) is 9.97 Å². The Balaban J connectivity index is 0.000000286. The van der Waals surface area contributed by atoms with Crippen molar-refractivity contribution >= 4 is 47.8 Å². The second kappa shape index (κ2) is 21.7. The summed E-state index contributed by atoms with van der Waals surface area (Å²) < 4.78 is 6.63. The van der Waals surface area contributed by atoms with E-state index in [9.17, 15) is 0 Å². The van der Waals surface area contributed by atoms with Gasteiger partial charge in [0.15, 0.2) is 0 Å². The van der Waals surface area contributed by atoms with E-state index in [2.05, 4.69) is 189 Å². The van der Waals surface area contributed by atoms with E-state index in [1.807, 2.05) is 19.9 Å². The number of alkyl halides is 1. The number of hydrogen-bond donors (Lipinski definition) is 0. The summed E-state index contributed by atoms with van der Waals surface area (Å²) in [6.07, 6.45) is 1.86. The molecule has 0 saturated heterocycles. The molecule has 0 bridgehead atoms. The zero-order valence-electron chi connectivity index (χ0n) is 31.1. The van der Waals surface area contributed by atoms with Gasteiger partial charge in [0.2, 0.25) is 0 Å². The monoisotopic (exact) mass is 1020 g/mol. The van der Waals surface area contributed by atoms with E-state index in [0.717, 1.165) is 55.7 Å². The number of aromatic nitrogens is 4. The van der Waals surface area contributed by atoms with Crippen LogP contribution in [0.1, 0.15) is 67.5 Å². The quantitative estimate of drug-likeness (QED) is 0.123. The number of pyridine rings is 2. The molecule has 0 aliphatic rings. The van der Waals surface area contributed by atoms with Crippen molar-refractivity contribution in [3.05, 3.63) is 161 Å². The van der Waals surface area contributed by atoms with E-state index in [4.69, 9.17) is 4.98 Å². The molecule has 2 radical (unpaired) electrons. The number of nitrogens with zero attached hydrogens (tertiary/aromatic N) is 4. The number of rotatable bonds is 6. The molecule has 0 atom stereocenters. The molecule has 0 fully saturated rings. The molecule has 0 unspecified atom stereocenters. The van der Waals surface area contributed by atoms with Crippen LogP contribution in [0.15, 0.2) is 81.7 Å². The van der Waals surface area contributed by atoms with Crippen LogP contribution in [0.4, 0.5) is 0 Å². The summed E-state index contributed by atoms with van der Waals surface area (Å²) in [7, 11) is 0. The van der Waals surface area contributed by atoms with Crippen LogP contribution >= 0.6 is 47.8 Å². The van der Waals surface area contributed by atoms with Gasteiger partial charge in [0, 0.05) is 105 Å². The maximum atomic E-state index is 4.89. The molecule has 4 nitrogen and oxygen atoms in total. The molecule has 51 heavy (non-hydrogen) atoms. The topological polar surface area (TPSA) is 35.6 Å². The summed E-state index contributed by atoms with van der Waals surface area (Å²) >= 11 is 10.4. The molecule has 4 heterocycles. The summed E-state index contributed by atoms with van der Waals surface area (Å²) in [6, 6.07) is 32.0. The second-order valence-electron chi connectivity index (χ2n) is 12.7. The van der Waals surface area contributed by atoms with Crippen molar-refractivity contribution in [2.45, 2.75) is 80.5 Å². The minimum absolute atomic E-state index is 0. The molecule has 0 aliphatic carbocycles. The Bertz CT molecular complexity index is 1950. The summed E-state index contributed by atoms with van der Waals surface area (Å²) in [5.41, 5.74) is 14.3. The van der Waals surface area contributed by atoms with Crippen LogP contribution in [0.25, 0.3) is 11.6 Å². The second-order valence-corrected chi connectivity index (χ2v) is 15.1. The number of aryl methyl sites for hydroxylation is 11. The SMILES string of the molecule is Cc1[c-]c(CBr)cc(Br)c1.Cc1[c-]c(CCc2cc(C)cc(-n3c(C)ccc3C)n2)cc(Br)c1.Cc1cc(C)nc(-n2c(C)ccc2C)c1.[Y].[Y]. The minimum Gasteiger partial charge on any atom is -0.303 e. The van der Waals surface area contributed by atoms with Gasteiger partial charge in [-0.3, -0.25) is 0 Å². The average Bonchev–Trinajstić information content (AvgIpc) is 3.53. The largest absolute Gasteiger partial charge is 0.303 e. The van der Waals surface area contributed by atoms with Crippen LogP contribution in [0.3, 0.4) is 0 Å². The summed E-state index contributed by atoms with van der Waals surface area (Å²) in [5, 5.41) is 0.868. The van der Waals surface area contributed by atoms with Crippen molar-refractivity contribution in [1.82, 2.24) is 19.1 Å². The average molecular weight is 1020 g/mol. The van der Waals surface area contributed by atoms with Crippen molar-refractivity contribution < 1.29 is 65.4 Å². The molecule has 6 aromatic rings. The van der Waals surface area contributed by atoms with E-state index in [0.29, 0.717) is 0 Å². The first-order valence-corrected chi connectivity index (χ1v) is 19.1. The maximum Gasteiger partial charge on any atom is 0.137 e. The molecule has 0 spiro atoms. The Hall–Kier alpha value is -1.05. The molecule has 4 aromatic heterocycles. The van der Waals surface area contributed by atoms with Gasteiger partial charge in [0.05, 0.1) is 0 Å². The molecular weight excluding hydrogens is 978 g/mol. The van der Waals surface area contributed by atoms with Gasteiger partial charge >= 0.3 is 0 Å². The predicted octanol–water partition coefficient (Wildman–Crippen LogP) is 12.0. The Morgan fingerprint density at radius 2 is 0.961 bits per heavy atom. The van der Waals surface area contributed by atoms with Crippen molar-refractivity contribution in [1.29, 1.82) is 0 Å². The molecule has 0 aliphatic heterocycles. The van der Waals surface area contributed by atoms with E-state index >= 15 is 0 Å². The van der Waals surface area contributed by atoms with E-state index in [-0.39, 0.29) is 65.4 Å². The summed E-state index contributed by atoms with van der Waals surface area (Å²) in [6.45, 7) is 18.8. The Morgan fingerprint density at radius 1 is 0.529 bits per heavy atom. The predicted molar refractivity (Wildman–Crippen MR) is 216 cm³/mol. The van der Waals surface area contributed by atoms with Crippen LogP contribution < -0.4 is 0 Å². The molecule has 9 heteroatoms. The van der Waals surface area contributed by atoms with Gasteiger partial charge in [-0.1, -0.05) is 70.6 Å². The van der Waals surface area contributed by atoms with E-state index in [1.54, 1.807) is 0 Å². The Labute approximate surface area is 381 Å². The molecule has 0 saturated carbocycles. The Morgan fingerprint density at radius 3 is 1.41 bits per heavy atom. The molecular formula is C42H45Br3N4Y2-2. The number of halogens is 3. The van der Waals surface area contributed by atoms with Gasteiger partial charge in [-0.05, 0) is 121 Å². The smallest absolute Gasteiger partial charge is 0.137 e. The third-order valence-corrected chi connectivity index (χ3v) is 9.46. The van der Waals surface area contributed by atoms with Gasteiger partial charge in [-0.2, -0.15) is 58.7 Å². The first-order chi connectivity index (χ1) is 23.2. The zero-order chi connectivity index (χ0) is 35.8. The summed E-state index contributed by atoms with van der Waals surface area (Å²) in [5.74, 6) is 2.03. The first kappa shape index (κ1) is 46.1. The normalized spacial score (nSPS) is 10.3. The van der Waals surface area contributed by atoms with Crippen molar-refractivity contribution in [3.63, 3.8) is 0 Å². The van der Waals surface area contributed by atoms with Gasteiger partial charge in [0.1, 0.15) is 11.6 Å². The third-order valence-electron chi connectivity index (χ3n) is 7.94. The molecule has 0 amide bonds. The van der Waals surface area contributed by atoms with Gasteiger partial charge < -0.3 is 9.13 Å². The fourth-order valence-corrected chi connectivity index (χ4v) is 7.45. The van der Waals surface area contributed by atoms with Crippen LogP contribution in [-0.4, -0.2) is 19.1 Å². The molecule has 0 N–H and O–H groups in total. The number of hydrogen-bond acceptors (Lipinski definition) is 2. The molecule has 6 rings (SSSR count). The first-order valence-electron chi connectivity index (χ1n) is 16.4. The molecule has 262 valence electrons. The number of benzene rings is 2. The van der Waals surface area contributed by atoms with Crippen LogP contribution in [0.5, 0.6) is 0 Å². The third kappa shape index (κ3) is 13.9. The van der Waals surface area contributed by atoms with E-state index in [1.165, 1.54) is 50.6 Å². The minimum atomic E-state index is 0. The van der Waals surface area contributed by atoms with Crippen molar-refractivity contribution in [2.75, 3.05) is 0 Å². The van der Waals surface area contributed by atoms with E-state index < -0.39 is 0 Å². The zero-order valence-corrected chi connectivity index (χ0v) is 41.6. The fraction of sp³-hybridized carbons (Fsp3) is 0.286. The van der Waals surface area contributed by atoms with Crippen molar-refractivity contribution in [2.24, 2.45) is 0 Å². The van der Waals surface area contributed by atoms with Gasteiger partial charge in [-0.15, -0.1) is 0 Å². The Kier molecular flexibility index (Phi) is 19.7. The van der Waals surface area contributed by atoms with Crippen LogP contribution in [-0.2, 0) is 83.6 Å². The van der Waals surface area contributed by atoms with Crippen LogP contribution in [0.2, 0.25) is 0 Å². The van der Waals surface area contributed by atoms with Gasteiger partial charge in [0.25, 0.3) is 0 Å². The van der Waals surface area contributed by atoms with Crippen molar-refractivity contribution in [3.8, 4) is 11.6 Å². The fourth-order valence-electron chi connectivity index (χ4n) is 5.91. The van der Waals surface area contributed by atoms with Crippen LogP contribution in [0, 0.1) is 74.4 Å². The summed E-state index contributed by atoms with van der Waals surface area (Å²) in [4.78, 5) is 9.46. The molecule has 2 aromatic carbocycles.